The summed E-state index contributed by atoms with van der Waals surface area (Å²) in [5.41, 5.74) is 2.24. The van der Waals surface area contributed by atoms with Crippen LogP contribution in [0.25, 0.3) is 5.69 Å². The van der Waals surface area contributed by atoms with Gasteiger partial charge in [0.25, 0.3) is 0 Å². The van der Waals surface area contributed by atoms with E-state index in [2.05, 4.69) is 34.7 Å². The van der Waals surface area contributed by atoms with Crippen molar-refractivity contribution in [3.05, 3.63) is 42.2 Å². The van der Waals surface area contributed by atoms with Gasteiger partial charge in [0, 0.05) is 6.04 Å². The quantitative estimate of drug-likeness (QED) is 0.830. The molecule has 4 nitrogen and oxygen atoms in total. The molecule has 0 bridgehead atoms. The number of aromatic nitrogens is 3. The van der Waals surface area contributed by atoms with Gasteiger partial charge in [-0.1, -0.05) is 36.8 Å². The van der Waals surface area contributed by atoms with Crippen LogP contribution in [-0.4, -0.2) is 28.1 Å². The van der Waals surface area contributed by atoms with Crippen molar-refractivity contribution in [3.8, 4) is 5.69 Å². The molecule has 4 heteroatoms. The molecular formula is C15H22N4. The lowest BCUT2D eigenvalue weighted by molar-refractivity contribution is 0.479. The maximum absolute atomic E-state index is 4.18. The van der Waals surface area contributed by atoms with Crippen molar-refractivity contribution in [2.75, 3.05) is 7.05 Å². The molecule has 102 valence electrons. The number of hydrogen-bond acceptors (Lipinski definition) is 3. The lowest BCUT2D eigenvalue weighted by Gasteiger charge is -2.15. The predicted octanol–water partition coefficient (Wildman–Crippen LogP) is 2.59. The zero-order valence-corrected chi connectivity index (χ0v) is 11.7. The van der Waals surface area contributed by atoms with E-state index in [-0.39, 0.29) is 0 Å². The van der Waals surface area contributed by atoms with Crippen LogP contribution in [0.3, 0.4) is 0 Å². The minimum atomic E-state index is 0.573. The van der Waals surface area contributed by atoms with E-state index in [1.54, 1.807) is 0 Å². The Morgan fingerprint density at radius 2 is 2.00 bits per heavy atom. The summed E-state index contributed by atoms with van der Waals surface area (Å²) >= 11 is 0. The fraction of sp³-hybridized carbons (Fsp3) is 0.467. The Balaban J connectivity index is 2.04. The van der Waals surface area contributed by atoms with Gasteiger partial charge in [-0.3, -0.25) is 0 Å². The van der Waals surface area contributed by atoms with Crippen LogP contribution in [0.4, 0.5) is 0 Å². The molecule has 1 N–H and O–H groups in total. The molecule has 0 fully saturated rings. The average molecular weight is 258 g/mol. The summed E-state index contributed by atoms with van der Waals surface area (Å²) < 4.78 is 1.93. The number of nitrogens with one attached hydrogen (secondary N) is 1. The van der Waals surface area contributed by atoms with Gasteiger partial charge in [-0.15, -0.1) is 5.10 Å². The number of aryl methyl sites for hydroxylation is 1. The Morgan fingerprint density at radius 1 is 1.21 bits per heavy atom. The van der Waals surface area contributed by atoms with E-state index in [1.807, 2.05) is 36.1 Å². The topological polar surface area (TPSA) is 42.7 Å². The molecule has 0 saturated carbocycles. The fourth-order valence-corrected chi connectivity index (χ4v) is 2.32. The molecule has 0 radical (unpaired) electrons. The summed E-state index contributed by atoms with van der Waals surface area (Å²) in [4.78, 5) is 0. The molecule has 1 aromatic carbocycles. The van der Waals surface area contributed by atoms with Gasteiger partial charge in [0.15, 0.2) is 0 Å². The highest BCUT2D eigenvalue weighted by molar-refractivity contribution is 5.31. The lowest BCUT2D eigenvalue weighted by atomic mass is 10.1. The monoisotopic (exact) mass is 258 g/mol. The third kappa shape index (κ3) is 3.64. The van der Waals surface area contributed by atoms with Crippen LogP contribution >= 0.6 is 0 Å². The van der Waals surface area contributed by atoms with E-state index >= 15 is 0 Å². The molecule has 0 aliphatic heterocycles. The first-order valence-electron chi connectivity index (χ1n) is 6.97. The summed E-state index contributed by atoms with van der Waals surface area (Å²) in [6, 6.07) is 10.7. The number of benzene rings is 1. The van der Waals surface area contributed by atoms with Crippen LogP contribution in [0, 0.1) is 0 Å². The minimum Gasteiger partial charge on any atom is -0.317 e. The Hall–Kier alpha value is -1.68. The Labute approximate surface area is 114 Å². The number of rotatable bonds is 7. The lowest BCUT2D eigenvalue weighted by Crippen LogP contribution is -2.25. The molecule has 2 aromatic rings. The number of hydrogen-bond donors (Lipinski definition) is 1. The largest absolute Gasteiger partial charge is 0.317 e. The third-order valence-electron chi connectivity index (χ3n) is 3.41. The smallest absolute Gasteiger partial charge is 0.0729 e. The van der Waals surface area contributed by atoms with Crippen LogP contribution in [0.2, 0.25) is 0 Å². The van der Waals surface area contributed by atoms with Crippen molar-refractivity contribution < 1.29 is 0 Å². The number of nitrogens with zero attached hydrogens (tertiary/aromatic N) is 3. The van der Waals surface area contributed by atoms with Crippen molar-refractivity contribution in [1.29, 1.82) is 0 Å². The standard InChI is InChI=1S/C15H22N4/c1-3-7-13(16-2)10-11-15-12-17-18-19(15)14-8-5-4-6-9-14/h4-6,8-9,12-13,16H,3,7,10-11H2,1-2H3. The molecule has 0 saturated heterocycles. The minimum absolute atomic E-state index is 0.573. The van der Waals surface area contributed by atoms with Crippen molar-refractivity contribution in [3.63, 3.8) is 0 Å². The van der Waals surface area contributed by atoms with Gasteiger partial charge < -0.3 is 5.32 Å². The Kier molecular flexibility index (Phi) is 5.10. The SMILES string of the molecule is CCCC(CCc1cnnn1-c1ccccc1)NC. The van der Waals surface area contributed by atoms with Gasteiger partial charge in [0.1, 0.15) is 0 Å². The van der Waals surface area contributed by atoms with Gasteiger partial charge in [0.05, 0.1) is 17.6 Å². The van der Waals surface area contributed by atoms with Crippen LogP contribution < -0.4 is 5.32 Å². The van der Waals surface area contributed by atoms with E-state index in [4.69, 9.17) is 0 Å². The highest BCUT2D eigenvalue weighted by atomic mass is 15.4. The molecule has 1 atom stereocenters. The van der Waals surface area contributed by atoms with Gasteiger partial charge in [-0.25, -0.2) is 4.68 Å². The fourth-order valence-electron chi connectivity index (χ4n) is 2.32. The van der Waals surface area contributed by atoms with Gasteiger partial charge in [-0.05, 0) is 38.4 Å². The van der Waals surface area contributed by atoms with Crippen molar-refractivity contribution in [2.45, 2.75) is 38.6 Å². The average Bonchev–Trinajstić information content (AvgIpc) is 2.93. The highest BCUT2D eigenvalue weighted by Gasteiger charge is 2.09. The van der Waals surface area contributed by atoms with Crippen molar-refractivity contribution >= 4 is 0 Å². The summed E-state index contributed by atoms with van der Waals surface area (Å²) in [5, 5.41) is 11.6. The first-order chi connectivity index (χ1) is 9.35. The maximum atomic E-state index is 4.18. The van der Waals surface area contributed by atoms with E-state index in [9.17, 15) is 0 Å². The summed E-state index contributed by atoms with van der Waals surface area (Å²) in [7, 11) is 2.03. The zero-order chi connectivity index (χ0) is 13.5. The first kappa shape index (κ1) is 13.7. The molecule has 1 unspecified atom stereocenters. The van der Waals surface area contributed by atoms with E-state index in [0.29, 0.717) is 6.04 Å². The van der Waals surface area contributed by atoms with Gasteiger partial charge in [0.2, 0.25) is 0 Å². The molecule has 0 aliphatic carbocycles. The van der Waals surface area contributed by atoms with Crippen LogP contribution in [0.1, 0.15) is 31.9 Å². The first-order valence-corrected chi connectivity index (χ1v) is 6.97. The highest BCUT2D eigenvalue weighted by Crippen LogP contribution is 2.12. The molecule has 1 aromatic heterocycles. The predicted molar refractivity (Wildman–Crippen MR) is 77.4 cm³/mol. The summed E-state index contributed by atoms with van der Waals surface area (Å²) in [6.45, 7) is 2.22. The van der Waals surface area contributed by atoms with Gasteiger partial charge >= 0.3 is 0 Å². The molecule has 0 aliphatic rings. The van der Waals surface area contributed by atoms with E-state index in [1.165, 1.54) is 18.5 Å². The maximum Gasteiger partial charge on any atom is 0.0729 e. The van der Waals surface area contributed by atoms with Gasteiger partial charge in [-0.2, -0.15) is 0 Å². The molecule has 19 heavy (non-hydrogen) atoms. The van der Waals surface area contributed by atoms with Crippen LogP contribution in [0.5, 0.6) is 0 Å². The normalized spacial score (nSPS) is 12.5. The van der Waals surface area contributed by atoms with E-state index < -0.39 is 0 Å². The van der Waals surface area contributed by atoms with Crippen LogP contribution in [0.15, 0.2) is 36.5 Å². The molecule has 0 amide bonds. The Morgan fingerprint density at radius 3 is 2.68 bits per heavy atom. The molecule has 2 rings (SSSR count). The number of para-hydroxylation sites is 1. The molecular weight excluding hydrogens is 236 g/mol. The molecule has 0 spiro atoms. The van der Waals surface area contributed by atoms with E-state index in [0.717, 1.165) is 18.5 Å². The third-order valence-corrected chi connectivity index (χ3v) is 3.41. The second kappa shape index (κ2) is 7.04. The molecule has 1 heterocycles. The van der Waals surface area contributed by atoms with Crippen LogP contribution in [-0.2, 0) is 6.42 Å². The van der Waals surface area contributed by atoms with Crippen molar-refractivity contribution in [1.82, 2.24) is 20.3 Å². The Bertz CT molecular complexity index is 478. The summed E-state index contributed by atoms with van der Waals surface area (Å²) in [5.74, 6) is 0. The van der Waals surface area contributed by atoms with Crippen molar-refractivity contribution in [2.24, 2.45) is 0 Å². The second-order valence-electron chi connectivity index (χ2n) is 4.79. The second-order valence-corrected chi connectivity index (χ2v) is 4.79. The summed E-state index contributed by atoms with van der Waals surface area (Å²) in [6.07, 6.45) is 6.40. The zero-order valence-electron chi connectivity index (χ0n) is 11.7.